The lowest BCUT2D eigenvalue weighted by atomic mass is 10.1. The maximum Gasteiger partial charge on any atom is 0.338 e. The topological polar surface area (TPSA) is 66.4 Å². The van der Waals surface area contributed by atoms with Crippen molar-refractivity contribution in [1.82, 2.24) is 0 Å². The molecule has 1 heterocycles. The summed E-state index contributed by atoms with van der Waals surface area (Å²) in [6, 6.07) is 8.57. The summed E-state index contributed by atoms with van der Waals surface area (Å²) in [5.74, 6) is -1.28. The number of aryl methyl sites for hydroxylation is 1. The molecule has 0 radical (unpaired) electrons. The van der Waals surface area contributed by atoms with E-state index in [0.717, 1.165) is 16.9 Å². The van der Waals surface area contributed by atoms with Gasteiger partial charge in [-0.3, -0.25) is 4.79 Å². The molecule has 21 heavy (non-hydrogen) atoms. The number of carboxylic acid groups (broad SMARTS) is 1. The van der Waals surface area contributed by atoms with E-state index in [1.807, 2.05) is 6.92 Å². The van der Waals surface area contributed by atoms with Crippen LogP contribution in [0.1, 0.15) is 27.7 Å². The maximum absolute atomic E-state index is 12.0. The molecule has 0 aliphatic rings. The molecule has 6 heteroatoms. The number of hydrogen-bond donors (Lipinski definition) is 2. The summed E-state index contributed by atoms with van der Waals surface area (Å²) in [6.45, 7) is 1.94. The summed E-state index contributed by atoms with van der Waals surface area (Å²) in [5, 5.41) is 12.8. The van der Waals surface area contributed by atoms with Gasteiger partial charge in [-0.1, -0.05) is 30.7 Å². The van der Waals surface area contributed by atoms with Crippen LogP contribution in [0.25, 0.3) is 0 Å². The Morgan fingerprint density at radius 2 is 1.95 bits per heavy atom. The predicted octanol–water partition coefficient (Wildman–Crippen LogP) is 3.84. The first-order valence-corrected chi connectivity index (χ1v) is 7.59. The molecule has 0 aliphatic carbocycles. The van der Waals surface area contributed by atoms with Gasteiger partial charge in [0.2, 0.25) is 5.91 Å². The van der Waals surface area contributed by atoms with Crippen LogP contribution < -0.4 is 5.32 Å². The van der Waals surface area contributed by atoms with Crippen LogP contribution >= 0.6 is 22.9 Å². The van der Waals surface area contributed by atoms with Gasteiger partial charge in [0.05, 0.1) is 12.0 Å². The largest absolute Gasteiger partial charge is 0.478 e. The highest BCUT2D eigenvalue weighted by molar-refractivity contribution is 7.16. The zero-order valence-corrected chi connectivity index (χ0v) is 12.9. The quantitative estimate of drug-likeness (QED) is 0.878. The highest BCUT2D eigenvalue weighted by Crippen LogP contribution is 2.28. The van der Waals surface area contributed by atoms with Crippen molar-refractivity contribution in [3.63, 3.8) is 0 Å². The second-order valence-corrected chi connectivity index (χ2v) is 6.04. The number of amides is 1. The number of aromatic carboxylic acids is 1. The number of carbonyl (C=O) groups is 2. The Labute approximate surface area is 131 Å². The molecule has 0 spiro atoms. The fourth-order valence-electron chi connectivity index (χ4n) is 1.83. The van der Waals surface area contributed by atoms with Crippen LogP contribution in [-0.2, 0) is 17.6 Å². The number of carboxylic acids is 1. The van der Waals surface area contributed by atoms with Gasteiger partial charge in [-0.15, -0.1) is 11.3 Å². The van der Waals surface area contributed by atoms with Crippen LogP contribution in [0.15, 0.2) is 30.3 Å². The molecule has 2 rings (SSSR count). The first-order valence-electron chi connectivity index (χ1n) is 6.40. The van der Waals surface area contributed by atoms with Gasteiger partial charge < -0.3 is 10.4 Å². The second-order valence-electron chi connectivity index (χ2n) is 4.47. The van der Waals surface area contributed by atoms with Crippen molar-refractivity contribution < 1.29 is 14.7 Å². The first kappa shape index (κ1) is 15.5. The second kappa shape index (κ2) is 6.74. The number of rotatable bonds is 5. The zero-order valence-electron chi connectivity index (χ0n) is 11.4. The Kier molecular flexibility index (Phi) is 4.98. The number of carbonyl (C=O) groups excluding carboxylic acids is 1. The molecule has 0 atom stereocenters. The lowest BCUT2D eigenvalue weighted by Gasteiger charge is -2.04. The smallest absolute Gasteiger partial charge is 0.338 e. The molecule has 110 valence electrons. The Morgan fingerprint density at radius 3 is 2.52 bits per heavy atom. The lowest BCUT2D eigenvalue weighted by molar-refractivity contribution is -0.115. The standard InChI is InChI=1S/C15H14ClNO3S/c1-2-11-8-12(15(19)20)14(21-11)17-13(18)7-9-3-5-10(16)6-4-9/h3-6,8H,2,7H2,1H3,(H,17,18)(H,19,20). The third-order valence-corrected chi connectivity index (χ3v) is 4.34. The Balaban J connectivity index is 2.10. The summed E-state index contributed by atoms with van der Waals surface area (Å²) < 4.78 is 0. The average molecular weight is 324 g/mol. The molecule has 0 aliphatic heterocycles. The molecule has 0 saturated heterocycles. The average Bonchev–Trinajstić information content (AvgIpc) is 2.84. The van der Waals surface area contributed by atoms with E-state index in [2.05, 4.69) is 5.32 Å². The number of halogens is 1. The monoisotopic (exact) mass is 323 g/mol. The van der Waals surface area contributed by atoms with E-state index in [0.29, 0.717) is 10.0 Å². The van der Waals surface area contributed by atoms with Crippen molar-refractivity contribution in [2.24, 2.45) is 0 Å². The number of nitrogens with one attached hydrogen (secondary N) is 1. The summed E-state index contributed by atoms with van der Waals surface area (Å²) in [4.78, 5) is 24.1. The van der Waals surface area contributed by atoms with Crippen molar-refractivity contribution in [2.45, 2.75) is 19.8 Å². The van der Waals surface area contributed by atoms with Crippen LogP contribution in [0.5, 0.6) is 0 Å². The lowest BCUT2D eigenvalue weighted by Crippen LogP contribution is -2.15. The molecule has 2 N–H and O–H groups in total. The normalized spacial score (nSPS) is 10.4. The van der Waals surface area contributed by atoms with E-state index in [9.17, 15) is 9.59 Å². The van der Waals surface area contributed by atoms with Crippen LogP contribution in [0.3, 0.4) is 0 Å². The van der Waals surface area contributed by atoms with Crippen LogP contribution in [0, 0.1) is 0 Å². The van der Waals surface area contributed by atoms with E-state index in [1.54, 1.807) is 30.3 Å². The Hall–Kier alpha value is -1.85. The summed E-state index contributed by atoms with van der Waals surface area (Å²) in [6.07, 6.45) is 0.910. The minimum atomic E-state index is -1.03. The van der Waals surface area contributed by atoms with Crippen LogP contribution in [0.4, 0.5) is 5.00 Å². The third-order valence-electron chi connectivity index (χ3n) is 2.89. The van der Waals surface area contributed by atoms with Gasteiger partial charge in [-0.2, -0.15) is 0 Å². The number of benzene rings is 1. The molecular weight excluding hydrogens is 310 g/mol. The number of thiophene rings is 1. The van der Waals surface area contributed by atoms with Gasteiger partial charge in [0.15, 0.2) is 0 Å². The Bertz CT molecular complexity index is 664. The molecule has 2 aromatic rings. The van der Waals surface area contributed by atoms with Crippen molar-refractivity contribution in [2.75, 3.05) is 5.32 Å². The van der Waals surface area contributed by atoms with Gasteiger partial charge in [-0.05, 0) is 30.2 Å². The summed E-state index contributed by atoms with van der Waals surface area (Å²) in [5.41, 5.74) is 0.961. The highest BCUT2D eigenvalue weighted by atomic mass is 35.5. The van der Waals surface area contributed by atoms with Crippen molar-refractivity contribution >= 4 is 39.8 Å². The molecule has 1 aromatic carbocycles. The van der Waals surface area contributed by atoms with E-state index in [1.165, 1.54) is 11.3 Å². The predicted molar refractivity (Wildman–Crippen MR) is 84.4 cm³/mol. The van der Waals surface area contributed by atoms with Gasteiger partial charge in [0.1, 0.15) is 5.00 Å². The number of hydrogen-bond acceptors (Lipinski definition) is 3. The fraction of sp³-hybridized carbons (Fsp3) is 0.200. The van der Waals surface area contributed by atoms with E-state index in [4.69, 9.17) is 16.7 Å². The Morgan fingerprint density at radius 1 is 1.29 bits per heavy atom. The van der Waals surface area contributed by atoms with Crippen molar-refractivity contribution in [3.8, 4) is 0 Å². The van der Waals surface area contributed by atoms with Gasteiger partial charge in [0.25, 0.3) is 0 Å². The first-order chi connectivity index (χ1) is 9.99. The molecule has 0 fully saturated rings. The molecule has 1 aromatic heterocycles. The zero-order chi connectivity index (χ0) is 15.4. The van der Waals surface area contributed by atoms with Gasteiger partial charge in [-0.25, -0.2) is 4.79 Å². The maximum atomic E-state index is 12.0. The van der Waals surface area contributed by atoms with Crippen molar-refractivity contribution in [3.05, 3.63) is 51.4 Å². The highest BCUT2D eigenvalue weighted by Gasteiger charge is 2.16. The molecule has 0 unspecified atom stereocenters. The minimum Gasteiger partial charge on any atom is -0.478 e. The molecule has 0 bridgehead atoms. The SMILES string of the molecule is CCc1cc(C(=O)O)c(NC(=O)Cc2ccc(Cl)cc2)s1. The fourth-order valence-corrected chi connectivity index (χ4v) is 2.96. The van der Waals surface area contributed by atoms with E-state index < -0.39 is 5.97 Å². The summed E-state index contributed by atoms with van der Waals surface area (Å²) in [7, 11) is 0. The van der Waals surface area contributed by atoms with Gasteiger partial charge in [0, 0.05) is 9.90 Å². The number of anilines is 1. The molecule has 1 amide bonds. The minimum absolute atomic E-state index is 0.140. The molecular formula is C15H14ClNO3S. The van der Waals surface area contributed by atoms with E-state index >= 15 is 0 Å². The molecule has 0 saturated carbocycles. The van der Waals surface area contributed by atoms with Crippen LogP contribution in [-0.4, -0.2) is 17.0 Å². The van der Waals surface area contributed by atoms with Gasteiger partial charge >= 0.3 is 5.97 Å². The van der Waals surface area contributed by atoms with E-state index in [-0.39, 0.29) is 17.9 Å². The van der Waals surface area contributed by atoms with Crippen LogP contribution in [0.2, 0.25) is 5.02 Å². The molecule has 4 nitrogen and oxygen atoms in total. The summed E-state index contributed by atoms with van der Waals surface area (Å²) >= 11 is 7.08. The van der Waals surface area contributed by atoms with Crippen molar-refractivity contribution in [1.29, 1.82) is 0 Å². The third kappa shape index (κ3) is 4.06.